The summed E-state index contributed by atoms with van der Waals surface area (Å²) in [5.74, 6) is 0.502. The van der Waals surface area contributed by atoms with E-state index in [1.54, 1.807) is 31.2 Å². The van der Waals surface area contributed by atoms with Crippen molar-refractivity contribution in [1.29, 1.82) is 0 Å². The number of para-hydroxylation sites is 1. The maximum atomic E-state index is 12.5. The van der Waals surface area contributed by atoms with Gasteiger partial charge in [0, 0.05) is 13.1 Å². The number of methoxy groups -OCH3 is 1. The Balaban J connectivity index is 2.07. The van der Waals surface area contributed by atoms with Crippen LogP contribution in [0.25, 0.3) is 0 Å². The third-order valence-electron chi connectivity index (χ3n) is 4.07. The molecule has 0 bridgehead atoms. The molecule has 4 heteroatoms. The van der Waals surface area contributed by atoms with Crippen LogP contribution >= 0.6 is 0 Å². The van der Waals surface area contributed by atoms with Gasteiger partial charge in [0.05, 0.1) is 7.11 Å². The van der Waals surface area contributed by atoms with Gasteiger partial charge in [0.1, 0.15) is 5.75 Å². The lowest BCUT2D eigenvalue weighted by molar-refractivity contribution is -0.141. The zero-order chi connectivity index (χ0) is 16.8. The van der Waals surface area contributed by atoms with Crippen molar-refractivity contribution in [2.24, 2.45) is 0 Å². The van der Waals surface area contributed by atoms with Gasteiger partial charge in [-0.25, -0.2) is 0 Å². The molecule has 1 N–H and O–H groups in total. The van der Waals surface area contributed by atoms with Gasteiger partial charge in [-0.15, -0.1) is 0 Å². The van der Waals surface area contributed by atoms with E-state index in [0.29, 0.717) is 12.0 Å². The summed E-state index contributed by atoms with van der Waals surface area (Å²) in [6.07, 6.45) is -0.477. The number of aliphatic hydroxyl groups excluding tert-OH is 1. The van der Waals surface area contributed by atoms with Crippen LogP contribution in [0.1, 0.15) is 24.2 Å². The number of likely N-dealkylation sites (N-methyl/N-ethyl adjacent to an activating group) is 1. The zero-order valence-corrected chi connectivity index (χ0v) is 13.8. The van der Waals surface area contributed by atoms with Gasteiger partial charge in [0.15, 0.2) is 6.10 Å². The Morgan fingerprint density at radius 3 is 2.39 bits per heavy atom. The van der Waals surface area contributed by atoms with Crippen molar-refractivity contribution in [2.45, 2.75) is 25.5 Å². The second-order valence-corrected chi connectivity index (χ2v) is 5.63. The molecule has 0 saturated carbocycles. The molecular formula is C19H23NO3. The summed E-state index contributed by atoms with van der Waals surface area (Å²) < 4.78 is 5.35. The minimum absolute atomic E-state index is 0.0582. The van der Waals surface area contributed by atoms with E-state index in [0.717, 1.165) is 11.3 Å². The maximum absolute atomic E-state index is 12.5. The third kappa shape index (κ3) is 4.11. The first kappa shape index (κ1) is 17.0. The monoisotopic (exact) mass is 313 g/mol. The number of carbonyl (C=O) groups is 1. The van der Waals surface area contributed by atoms with Crippen LogP contribution in [-0.2, 0) is 11.2 Å². The van der Waals surface area contributed by atoms with Gasteiger partial charge in [-0.2, -0.15) is 0 Å². The summed E-state index contributed by atoms with van der Waals surface area (Å²) in [5.41, 5.74) is 1.64. The van der Waals surface area contributed by atoms with Gasteiger partial charge >= 0.3 is 0 Å². The topological polar surface area (TPSA) is 49.8 Å². The van der Waals surface area contributed by atoms with Crippen molar-refractivity contribution in [3.05, 3.63) is 65.7 Å². The van der Waals surface area contributed by atoms with Gasteiger partial charge in [-0.1, -0.05) is 48.5 Å². The third-order valence-corrected chi connectivity index (χ3v) is 4.07. The van der Waals surface area contributed by atoms with Crippen LogP contribution in [-0.4, -0.2) is 36.1 Å². The molecule has 4 nitrogen and oxygen atoms in total. The van der Waals surface area contributed by atoms with Crippen LogP contribution in [0.15, 0.2) is 54.6 Å². The van der Waals surface area contributed by atoms with Crippen molar-refractivity contribution in [2.75, 3.05) is 14.2 Å². The molecule has 0 spiro atoms. The van der Waals surface area contributed by atoms with Crippen molar-refractivity contribution < 1.29 is 14.6 Å². The van der Waals surface area contributed by atoms with Crippen LogP contribution in [0.3, 0.4) is 0 Å². The lowest BCUT2D eigenvalue weighted by Crippen LogP contribution is -2.39. The molecule has 1 amide bonds. The summed E-state index contributed by atoms with van der Waals surface area (Å²) in [4.78, 5) is 14.1. The number of hydrogen-bond acceptors (Lipinski definition) is 3. The Morgan fingerprint density at radius 1 is 1.13 bits per heavy atom. The Kier molecular flexibility index (Phi) is 5.77. The van der Waals surface area contributed by atoms with E-state index in [4.69, 9.17) is 4.74 Å². The van der Waals surface area contributed by atoms with E-state index in [2.05, 4.69) is 0 Å². The smallest absolute Gasteiger partial charge is 0.256 e. The van der Waals surface area contributed by atoms with Gasteiger partial charge in [-0.3, -0.25) is 4.79 Å². The van der Waals surface area contributed by atoms with Crippen molar-refractivity contribution in [1.82, 2.24) is 4.90 Å². The van der Waals surface area contributed by atoms with Crippen LogP contribution in [0.4, 0.5) is 0 Å². The number of hydrogen-bond donors (Lipinski definition) is 1. The quantitative estimate of drug-likeness (QED) is 0.892. The standard InChI is InChI=1S/C19H23NO3/c1-14(13-16-11-7-8-12-17(16)23-3)20(2)19(22)18(21)15-9-5-4-6-10-15/h4-12,14,18,21H,13H2,1-3H3. The van der Waals surface area contributed by atoms with E-state index < -0.39 is 6.10 Å². The van der Waals surface area contributed by atoms with E-state index >= 15 is 0 Å². The van der Waals surface area contributed by atoms with Crippen LogP contribution in [0.5, 0.6) is 5.75 Å². The van der Waals surface area contributed by atoms with Gasteiger partial charge in [0.2, 0.25) is 0 Å². The second-order valence-electron chi connectivity index (χ2n) is 5.63. The first-order valence-electron chi connectivity index (χ1n) is 7.66. The van der Waals surface area contributed by atoms with Gasteiger partial charge in [-0.05, 0) is 30.5 Å². The first-order valence-corrected chi connectivity index (χ1v) is 7.66. The molecule has 2 aromatic carbocycles. The summed E-state index contributed by atoms with van der Waals surface area (Å²) in [7, 11) is 3.35. The predicted octanol–water partition coefficient (Wildman–Crippen LogP) is 2.82. The highest BCUT2D eigenvalue weighted by atomic mass is 16.5. The molecule has 0 aliphatic carbocycles. The lowest BCUT2D eigenvalue weighted by atomic mass is 10.0. The second kappa shape index (κ2) is 7.79. The predicted molar refractivity (Wildman–Crippen MR) is 90.3 cm³/mol. The van der Waals surface area contributed by atoms with Crippen LogP contribution < -0.4 is 4.74 Å². The Hall–Kier alpha value is -2.33. The number of carbonyl (C=O) groups excluding carboxylic acids is 1. The minimum atomic E-state index is -1.14. The van der Waals surface area contributed by atoms with Crippen molar-refractivity contribution in [3.63, 3.8) is 0 Å². The molecule has 0 heterocycles. The summed E-state index contributed by atoms with van der Waals surface area (Å²) in [6, 6.07) is 16.7. The largest absolute Gasteiger partial charge is 0.496 e. The highest BCUT2D eigenvalue weighted by Gasteiger charge is 2.24. The number of ether oxygens (including phenoxy) is 1. The highest BCUT2D eigenvalue weighted by Crippen LogP contribution is 2.22. The SMILES string of the molecule is COc1ccccc1CC(C)N(C)C(=O)C(O)c1ccccc1. The average Bonchev–Trinajstić information content (AvgIpc) is 2.61. The molecule has 0 aliphatic rings. The summed E-state index contributed by atoms with van der Waals surface area (Å²) >= 11 is 0. The first-order chi connectivity index (χ1) is 11.0. The average molecular weight is 313 g/mol. The zero-order valence-electron chi connectivity index (χ0n) is 13.8. The fourth-order valence-corrected chi connectivity index (χ4v) is 2.51. The Bertz CT molecular complexity index is 642. The van der Waals surface area contributed by atoms with Gasteiger partial charge in [0.25, 0.3) is 5.91 Å². The number of nitrogens with zero attached hydrogens (tertiary/aromatic N) is 1. The summed E-state index contributed by atoms with van der Waals surface area (Å²) in [6.45, 7) is 1.96. The molecule has 0 aliphatic heterocycles. The molecule has 0 saturated heterocycles. The maximum Gasteiger partial charge on any atom is 0.256 e. The fourth-order valence-electron chi connectivity index (χ4n) is 2.51. The van der Waals surface area contributed by atoms with Crippen LogP contribution in [0.2, 0.25) is 0 Å². The normalized spacial score (nSPS) is 13.2. The molecule has 2 unspecified atom stereocenters. The molecule has 2 atom stereocenters. The molecular weight excluding hydrogens is 290 g/mol. The number of rotatable bonds is 6. The molecule has 122 valence electrons. The number of aliphatic hydroxyl groups is 1. The lowest BCUT2D eigenvalue weighted by Gasteiger charge is -2.27. The highest BCUT2D eigenvalue weighted by molar-refractivity contribution is 5.82. The molecule has 2 aromatic rings. The minimum Gasteiger partial charge on any atom is -0.496 e. The van der Waals surface area contributed by atoms with E-state index in [1.807, 2.05) is 49.4 Å². The molecule has 2 rings (SSSR count). The van der Waals surface area contributed by atoms with E-state index in [1.165, 1.54) is 0 Å². The summed E-state index contributed by atoms with van der Waals surface area (Å²) in [5, 5.41) is 10.3. The molecule has 0 aromatic heterocycles. The van der Waals surface area contributed by atoms with Gasteiger partial charge < -0.3 is 14.7 Å². The Labute approximate surface area is 137 Å². The van der Waals surface area contributed by atoms with Crippen LogP contribution in [0, 0.1) is 0 Å². The number of benzene rings is 2. The van der Waals surface area contributed by atoms with Crippen molar-refractivity contribution in [3.8, 4) is 5.75 Å². The van der Waals surface area contributed by atoms with E-state index in [-0.39, 0.29) is 11.9 Å². The number of amides is 1. The fraction of sp³-hybridized carbons (Fsp3) is 0.316. The van der Waals surface area contributed by atoms with E-state index in [9.17, 15) is 9.90 Å². The van der Waals surface area contributed by atoms with Crippen molar-refractivity contribution >= 4 is 5.91 Å². The molecule has 0 fully saturated rings. The molecule has 0 radical (unpaired) electrons. The Morgan fingerprint density at radius 2 is 1.74 bits per heavy atom. The molecule has 23 heavy (non-hydrogen) atoms.